The molecule has 1 heterocycles. The Bertz CT molecular complexity index is 457. The van der Waals surface area contributed by atoms with E-state index in [1.54, 1.807) is 6.92 Å². The Balaban J connectivity index is 1.65. The van der Waals surface area contributed by atoms with Crippen LogP contribution in [-0.2, 0) is 23.7 Å². The third-order valence-electron chi connectivity index (χ3n) is 5.13. The smallest absolute Gasteiger partial charge is 0.333 e. The SMILES string of the molecule is C=C(C)C(=O)OCC(O)COC1CCC(C2OC(C)CC(CC)O2)CC1. The molecule has 0 amide bonds. The maximum absolute atomic E-state index is 11.3. The topological polar surface area (TPSA) is 74.2 Å². The lowest BCUT2D eigenvalue weighted by atomic mass is 9.86. The lowest BCUT2D eigenvalue weighted by Crippen LogP contribution is -2.42. The predicted octanol–water partition coefficient (Wildman–Crippen LogP) is 2.97. The summed E-state index contributed by atoms with van der Waals surface area (Å²) in [6.07, 6.45) is 5.62. The highest BCUT2D eigenvalue weighted by molar-refractivity contribution is 5.86. The maximum atomic E-state index is 11.3. The molecule has 0 aromatic rings. The van der Waals surface area contributed by atoms with Gasteiger partial charge in [0.2, 0.25) is 0 Å². The fourth-order valence-electron chi connectivity index (χ4n) is 3.53. The Morgan fingerprint density at radius 1 is 1.23 bits per heavy atom. The zero-order valence-corrected chi connectivity index (χ0v) is 16.3. The molecule has 4 unspecified atom stereocenters. The van der Waals surface area contributed by atoms with Crippen molar-refractivity contribution in [2.75, 3.05) is 13.2 Å². The van der Waals surface area contributed by atoms with Gasteiger partial charge in [0.25, 0.3) is 0 Å². The molecule has 6 heteroatoms. The molecule has 26 heavy (non-hydrogen) atoms. The molecule has 1 aliphatic carbocycles. The van der Waals surface area contributed by atoms with E-state index in [-0.39, 0.29) is 31.7 Å². The van der Waals surface area contributed by atoms with Crippen LogP contribution in [0.5, 0.6) is 0 Å². The Morgan fingerprint density at radius 2 is 1.92 bits per heavy atom. The van der Waals surface area contributed by atoms with Crippen LogP contribution >= 0.6 is 0 Å². The van der Waals surface area contributed by atoms with E-state index in [1.807, 2.05) is 0 Å². The van der Waals surface area contributed by atoms with Crippen LogP contribution in [0.25, 0.3) is 0 Å². The molecular weight excluding hydrogens is 336 g/mol. The number of hydrogen-bond acceptors (Lipinski definition) is 6. The molecule has 150 valence electrons. The highest BCUT2D eigenvalue weighted by atomic mass is 16.7. The molecule has 6 nitrogen and oxygen atoms in total. The van der Waals surface area contributed by atoms with Gasteiger partial charge in [0.1, 0.15) is 12.7 Å². The summed E-state index contributed by atoms with van der Waals surface area (Å²) in [6.45, 7) is 9.46. The fourth-order valence-corrected chi connectivity index (χ4v) is 3.53. The van der Waals surface area contributed by atoms with Crippen molar-refractivity contribution in [2.45, 2.75) is 90.0 Å². The van der Waals surface area contributed by atoms with Crippen molar-refractivity contribution in [1.82, 2.24) is 0 Å². The van der Waals surface area contributed by atoms with Gasteiger partial charge in [-0.25, -0.2) is 4.79 Å². The van der Waals surface area contributed by atoms with E-state index in [0.29, 0.717) is 17.6 Å². The Hall–Kier alpha value is -0.950. The molecule has 2 aliphatic rings. The van der Waals surface area contributed by atoms with Crippen LogP contribution in [0, 0.1) is 5.92 Å². The number of esters is 1. The minimum atomic E-state index is -0.813. The first-order valence-corrected chi connectivity index (χ1v) is 9.82. The lowest BCUT2D eigenvalue weighted by molar-refractivity contribution is -0.265. The Labute approximate surface area is 156 Å². The molecule has 1 saturated carbocycles. The normalized spacial score (nSPS) is 33.5. The average Bonchev–Trinajstić information content (AvgIpc) is 2.64. The quantitative estimate of drug-likeness (QED) is 0.523. The summed E-state index contributed by atoms with van der Waals surface area (Å²) in [6, 6.07) is 0. The fraction of sp³-hybridized carbons (Fsp3) is 0.850. The van der Waals surface area contributed by atoms with E-state index >= 15 is 0 Å². The van der Waals surface area contributed by atoms with E-state index in [0.717, 1.165) is 38.5 Å². The molecule has 0 spiro atoms. The predicted molar refractivity (Wildman–Crippen MR) is 97.6 cm³/mol. The van der Waals surface area contributed by atoms with Crippen molar-refractivity contribution in [3.63, 3.8) is 0 Å². The number of rotatable bonds is 8. The highest BCUT2D eigenvalue weighted by Crippen LogP contribution is 2.34. The van der Waals surface area contributed by atoms with Gasteiger partial charge in [-0.05, 0) is 52.4 Å². The monoisotopic (exact) mass is 370 g/mol. The van der Waals surface area contributed by atoms with E-state index in [1.165, 1.54) is 0 Å². The summed E-state index contributed by atoms with van der Waals surface area (Å²) in [5, 5.41) is 9.88. The second-order valence-electron chi connectivity index (χ2n) is 7.62. The molecule has 0 aromatic heterocycles. The average molecular weight is 370 g/mol. The van der Waals surface area contributed by atoms with Crippen molar-refractivity contribution in [1.29, 1.82) is 0 Å². The van der Waals surface area contributed by atoms with Crippen LogP contribution in [0.15, 0.2) is 12.2 Å². The minimum absolute atomic E-state index is 0.0684. The summed E-state index contributed by atoms with van der Waals surface area (Å²) in [4.78, 5) is 11.3. The second-order valence-corrected chi connectivity index (χ2v) is 7.62. The van der Waals surface area contributed by atoms with Crippen LogP contribution in [0.1, 0.15) is 59.3 Å². The first-order chi connectivity index (χ1) is 12.4. The van der Waals surface area contributed by atoms with Crippen molar-refractivity contribution < 1.29 is 28.8 Å². The Morgan fingerprint density at radius 3 is 2.54 bits per heavy atom. The van der Waals surface area contributed by atoms with E-state index in [4.69, 9.17) is 18.9 Å². The van der Waals surface area contributed by atoms with Crippen molar-refractivity contribution in [3.8, 4) is 0 Å². The number of aliphatic hydroxyl groups excluding tert-OH is 1. The first-order valence-electron chi connectivity index (χ1n) is 9.82. The maximum Gasteiger partial charge on any atom is 0.333 e. The summed E-state index contributed by atoms with van der Waals surface area (Å²) in [7, 11) is 0. The number of ether oxygens (including phenoxy) is 4. The van der Waals surface area contributed by atoms with Crippen LogP contribution < -0.4 is 0 Å². The summed E-state index contributed by atoms with van der Waals surface area (Å²) in [5.74, 6) is -0.0789. The van der Waals surface area contributed by atoms with Crippen molar-refractivity contribution in [3.05, 3.63) is 12.2 Å². The zero-order chi connectivity index (χ0) is 19.1. The minimum Gasteiger partial charge on any atom is -0.460 e. The molecule has 2 rings (SSSR count). The van der Waals surface area contributed by atoms with Gasteiger partial charge in [-0.15, -0.1) is 0 Å². The molecule has 0 radical (unpaired) electrons. The van der Waals surface area contributed by atoms with Crippen LogP contribution in [-0.4, -0.2) is 55.0 Å². The molecule has 4 atom stereocenters. The molecule has 1 aliphatic heterocycles. The van der Waals surface area contributed by atoms with Gasteiger partial charge in [0.05, 0.1) is 24.9 Å². The molecule has 2 fully saturated rings. The molecule has 0 aromatic carbocycles. The first kappa shape index (κ1) is 21.4. The van der Waals surface area contributed by atoms with Crippen LogP contribution in [0.2, 0.25) is 0 Å². The number of hydrogen-bond donors (Lipinski definition) is 1. The molecule has 1 saturated heterocycles. The zero-order valence-electron chi connectivity index (χ0n) is 16.3. The van der Waals surface area contributed by atoms with Crippen LogP contribution in [0.4, 0.5) is 0 Å². The third-order valence-corrected chi connectivity index (χ3v) is 5.13. The summed E-state index contributed by atoms with van der Waals surface area (Å²) in [5.41, 5.74) is 0.322. The Kier molecular flexibility index (Phi) is 8.54. The number of carbonyl (C=O) groups excluding carboxylic acids is 1. The summed E-state index contributed by atoms with van der Waals surface area (Å²) >= 11 is 0. The van der Waals surface area contributed by atoms with Gasteiger partial charge >= 0.3 is 5.97 Å². The van der Waals surface area contributed by atoms with Gasteiger partial charge < -0.3 is 24.1 Å². The highest BCUT2D eigenvalue weighted by Gasteiger charge is 2.35. The van der Waals surface area contributed by atoms with Crippen molar-refractivity contribution in [2.24, 2.45) is 5.92 Å². The third kappa shape index (κ3) is 6.65. The van der Waals surface area contributed by atoms with Gasteiger partial charge in [0.15, 0.2) is 6.29 Å². The van der Waals surface area contributed by atoms with Gasteiger partial charge in [-0.2, -0.15) is 0 Å². The van der Waals surface area contributed by atoms with Crippen molar-refractivity contribution >= 4 is 5.97 Å². The number of aliphatic hydroxyl groups is 1. The largest absolute Gasteiger partial charge is 0.460 e. The molecular formula is C20H34O6. The van der Waals surface area contributed by atoms with Gasteiger partial charge in [-0.1, -0.05) is 13.5 Å². The van der Waals surface area contributed by atoms with E-state index in [2.05, 4.69) is 20.4 Å². The van der Waals surface area contributed by atoms with E-state index in [9.17, 15) is 9.90 Å². The number of carbonyl (C=O) groups is 1. The summed E-state index contributed by atoms with van der Waals surface area (Å²) < 4.78 is 22.8. The van der Waals surface area contributed by atoms with Crippen LogP contribution in [0.3, 0.4) is 0 Å². The second kappa shape index (κ2) is 10.4. The lowest BCUT2D eigenvalue weighted by Gasteiger charge is -2.40. The molecule has 0 bridgehead atoms. The van der Waals surface area contributed by atoms with Gasteiger partial charge in [0, 0.05) is 11.5 Å². The van der Waals surface area contributed by atoms with Gasteiger partial charge in [-0.3, -0.25) is 0 Å². The van der Waals surface area contributed by atoms with E-state index < -0.39 is 12.1 Å². The standard InChI is InChI=1S/C20H34O6/c1-5-17-10-14(4)25-20(26-17)15-6-8-18(9-7-15)23-11-16(21)12-24-19(22)13(2)3/h14-18,20-21H,2,5-12H2,1,3-4H3. The molecule has 1 N–H and O–H groups in total.